The highest BCUT2D eigenvalue weighted by Crippen LogP contribution is 2.29. The van der Waals surface area contributed by atoms with E-state index in [1.165, 1.54) is 6.42 Å². The van der Waals surface area contributed by atoms with Gasteiger partial charge in [0.1, 0.15) is 0 Å². The van der Waals surface area contributed by atoms with Crippen molar-refractivity contribution >= 4 is 24.2 Å². The van der Waals surface area contributed by atoms with Gasteiger partial charge in [-0.25, -0.2) is 0 Å². The largest absolute Gasteiger partial charge is 0.370 e. The maximum absolute atomic E-state index is 12.6. The van der Waals surface area contributed by atoms with Crippen LogP contribution in [0.4, 0.5) is 0 Å². The highest BCUT2D eigenvalue weighted by atomic mass is 35.5. The summed E-state index contributed by atoms with van der Waals surface area (Å²) in [7, 11) is 0. The van der Waals surface area contributed by atoms with Crippen LogP contribution < -0.4 is 11.5 Å². The van der Waals surface area contributed by atoms with Crippen molar-refractivity contribution in [3.63, 3.8) is 0 Å². The third-order valence-corrected chi connectivity index (χ3v) is 4.47. The topological polar surface area (TPSA) is 89.4 Å². The first kappa shape index (κ1) is 17.2. The average Bonchev–Trinajstić information content (AvgIpc) is 2.38. The lowest BCUT2D eigenvalue weighted by Crippen LogP contribution is -2.58. The molecule has 2 amide bonds. The van der Waals surface area contributed by atoms with Gasteiger partial charge in [0.15, 0.2) is 0 Å². The van der Waals surface area contributed by atoms with Gasteiger partial charge in [-0.05, 0) is 31.6 Å². The minimum atomic E-state index is -0.660. The minimum Gasteiger partial charge on any atom is -0.370 e. The number of halogens is 1. The Labute approximate surface area is 126 Å². The lowest BCUT2D eigenvalue weighted by Gasteiger charge is -2.40. The van der Waals surface area contributed by atoms with Crippen LogP contribution in [0.5, 0.6) is 0 Å². The molecule has 1 aliphatic heterocycles. The van der Waals surface area contributed by atoms with Crippen LogP contribution >= 0.6 is 12.4 Å². The molecule has 2 aliphatic rings. The molecule has 1 heterocycles. The van der Waals surface area contributed by atoms with E-state index in [0.717, 1.165) is 45.1 Å². The fourth-order valence-corrected chi connectivity index (χ4v) is 3.41. The van der Waals surface area contributed by atoms with E-state index in [1.54, 1.807) is 0 Å². The average molecular weight is 304 g/mol. The van der Waals surface area contributed by atoms with Crippen molar-refractivity contribution in [3.05, 3.63) is 0 Å². The molecular weight excluding hydrogens is 278 g/mol. The second-order valence-corrected chi connectivity index (χ2v) is 6.15. The van der Waals surface area contributed by atoms with Crippen LogP contribution in [-0.2, 0) is 9.59 Å². The van der Waals surface area contributed by atoms with Crippen molar-refractivity contribution in [2.45, 2.75) is 56.9 Å². The van der Waals surface area contributed by atoms with Crippen LogP contribution in [-0.4, -0.2) is 35.3 Å². The molecule has 6 heteroatoms. The van der Waals surface area contributed by atoms with Crippen LogP contribution in [0.3, 0.4) is 0 Å². The van der Waals surface area contributed by atoms with Crippen LogP contribution in [0, 0.1) is 5.92 Å². The summed E-state index contributed by atoms with van der Waals surface area (Å²) in [4.78, 5) is 25.5. The van der Waals surface area contributed by atoms with E-state index < -0.39 is 5.54 Å². The van der Waals surface area contributed by atoms with E-state index in [4.69, 9.17) is 11.5 Å². The van der Waals surface area contributed by atoms with Crippen LogP contribution in [0.1, 0.15) is 51.4 Å². The summed E-state index contributed by atoms with van der Waals surface area (Å²) >= 11 is 0. The van der Waals surface area contributed by atoms with E-state index in [2.05, 4.69) is 0 Å². The second-order valence-electron chi connectivity index (χ2n) is 6.15. The molecule has 1 saturated heterocycles. The molecule has 0 spiro atoms. The molecule has 0 aromatic heterocycles. The molecule has 1 unspecified atom stereocenters. The first-order valence-corrected chi connectivity index (χ1v) is 7.38. The Balaban J connectivity index is 0.00000200. The molecular formula is C14H26ClN3O2. The number of carbonyl (C=O) groups is 2. The molecule has 0 aromatic carbocycles. The van der Waals surface area contributed by atoms with Gasteiger partial charge in [-0.1, -0.05) is 19.3 Å². The Morgan fingerprint density at radius 3 is 2.40 bits per heavy atom. The molecule has 5 nitrogen and oxygen atoms in total. The molecule has 116 valence electrons. The lowest BCUT2D eigenvalue weighted by molar-refractivity contribution is -0.140. The summed E-state index contributed by atoms with van der Waals surface area (Å²) in [5.41, 5.74) is 10.9. The van der Waals surface area contributed by atoms with Gasteiger partial charge in [0.25, 0.3) is 0 Å². The van der Waals surface area contributed by atoms with Gasteiger partial charge in [-0.3, -0.25) is 9.59 Å². The van der Waals surface area contributed by atoms with Gasteiger partial charge in [0, 0.05) is 19.5 Å². The Hall–Kier alpha value is -0.810. The molecule has 1 atom stereocenters. The summed E-state index contributed by atoms with van der Waals surface area (Å²) in [6.07, 6.45) is 7.15. The summed E-state index contributed by atoms with van der Waals surface area (Å²) in [5, 5.41) is 0. The molecule has 4 N–H and O–H groups in total. The smallest absolute Gasteiger partial charge is 0.242 e. The first-order chi connectivity index (χ1) is 9.01. The van der Waals surface area contributed by atoms with Gasteiger partial charge in [0.05, 0.1) is 5.54 Å². The van der Waals surface area contributed by atoms with Crippen molar-refractivity contribution in [3.8, 4) is 0 Å². The Bertz CT molecular complexity index is 356. The van der Waals surface area contributed by atoms with Crippen molar-refractivity contribution in [1.29, 1.82) is 0 Å². The third kappa shape index (κ3) is 4.09. The van der Waals surface area contributed by atoms with E-state index in [-0.39, 0.29) is 30.1 Å². The highest BCUT2D eigenvalue weighted by Gasteiger charge is 2.39. The van der Waals surface area contributed by atoms with Gasteiger partial charge < -0.3 is 16.4 Å². The molecule has 0 aromatic rings. The molecule has 2 rings (SSSR count). The number of piperidine rings is 1. The van der Waals surface area contributed by atoms with Crippen molar-refractivity contribution in [2.75, 3.05) is 13.1 Å². The number of likely N-dealkylation sites (tertiary alicyclic amines) is 1. The van der Waals surface area contributed by atoms with Crippen molar-refractivity contribution < 1.29 is 9.59 Å². The fourth-order valence-electron chi connectivity index (χ4n) is 3.41. The molecule has 20 heavy (non-hydrogen) atoms. The van der Waals surface area contributed by atoms with Gasteiger partial charge in [-0.2, -0.15) is 0 Å². The third-order valence-electron chi connectivity index (χ3n) is 4.47. The van der Waals surface area contributed by atoms with E-state index in [9.17, 15) is 9.59 Å². The highest BCUT2D eigenvalue weighted by molar-refractivity contribution is 5.86. The zero-order chi connectivity index (χ0) is 13.9. The fraction of sp³-hybridized carbons (Fsp3) is 0.857. The maximum atomic E-state index is 12.6. The number of nitrogens with zero attached hydrogens (tertiary/aromatic N) is 1. The first-order valence-electron chi connectivity index (χ1n) is 7.38. The zero-order valence-electron chi connectivity index (χ0n) is 12.0. The van der Waals surface area contributed by atoms with Crippen molar-refractivity contribution in [1.82, 2.24) is 4.90 Å². The molecule has 1 aliphatic carbocycles. The van der Waals surface area contributed by atoms with Gasteiger partial charge in [0.2, 0.25) is 11.8 Å². The summed E-state index contributed by atoms with van der Waals surface area (Å²) in [6, 6.07) is 0. The number of hydrogen-bond acceptors (Lipinski definition) is 3. The normalized spacial score (nSPS) is 25.6. The number of amides is 2. The van der Waals surface area contributed by atoms with Crippen LogP contribution in [0.25, 0.3) is 0 Å². The van der Waals surface area contributed by atoms with Gasteiger partial charge >= 0.3 is 0 Å². The Morgan fingerprint density at radius 2 is 1.80 bits per heavy atom. The summed E-state index contributed by atoms with van der Waals surface area (Å²) in [6.45, 7) is 1.41. The minimum absolute atomic E-state index is 0. The molecule has 1 saturated carbocycles. The molecule has 0 bridgehead atoms. The Kier molecular flexibility index (Phi) is 6.27. The SMILES string of the molecule is Cl.NC(=O)CC1CCCN(C(=O)C2(N)CCCCC2)C1. The van der Waals surface area contributed by atoms with Crippen LogP contribution in [0.15, 0.2) is 0 Å². The van der Waals surface area contributed by atoms with E-state index in [1.807, 2.05) is 4.90 Å². The number of carbonyl (C=O) groups excluding carboxylic acids is 2. The summed E-state index contributed by atoms with van der Waals surface area (Å²) in [5.74, 6) is 0.0168. The lowest BCUT2D eigenvalue weighted by atomic mass is 9.80. The second kappa shape index (κ2) is 7.27. The standard InChI is InChI=1S/C14H25N3O2.ClH/c15-12(18)9-11-5-4-8-17(10-11)13(19)14(16)6-2-1-3-7-14;/h11H,1-10,16H2,(H2,15,18);1H. The van der Waals surface area contributed by atoms with E-state index >= 15 is 0 Å². The predicted molar refractivity (Wildman–Crippen MR) is 80.4 cm³/mol. The number of nitrogens with two attached hydrogens (primary N) is 2. The van der Waals surface area contributed by atoms with Gasteiger partial charge in [-0.15, -0.1) is 12.4 Å². The van der Waals surface area contributed by atoms with Crippen molar-refractivity contribution in [2.24, 2.45) is 17.4 Å². The summed E-state index contributed by atoms with van der Waals surface area (Å²) < 4.78 is 0. The molecule has 0 radical (unpaired) electrons. The maximum Gasteiger partial charge on any atom is 0.242 e. The molecule has 2 fully saturated rings. The number of primary amides is 1. The number of hydrogen-bond donors (Lipinski definition) is 2. The monoisotopic (exact) mass is 303 g/mol. The zero-order valence-corrected chi connectivity index (χ0v) is 12.8. The number of rotatable bonds is 3. The quantitative estimate of drug-likeness (QED) is 0.820. The predicted octanol–water partition coefficient (Wildman–Crippen LogP) is 1.18. The van der Waals surface area contributed by atoms with E-state index in [0.29, 0.717) is 13.0 Å². The van der Waals surface area contributed by atoms with Crippen LogP contribution in [0.2, 0.25) is 0 Å². The Morgan fingerprint density at radius 1 is 1.15 bits per heavy atom.